The first-order valence-electron chi connectivity index (χ1n) is 4.90. The molecular formula is C10H24N2O. The monoisotopic (exact) mass is 188 g/mol. The van der Waals surface area contributed by atoms with E-state index in [2.05, 4.69) is 32.8 Å². The largest absolute Gasteiger partial charge is 0.381 e. The molecule has 0 spiro atoms. The average Bonchev–Trinajstić information content (AvgIpc) is 2.03. The van der Waals surface area contributed by atoms with E-state index in [-0.39, 0.29) is 5.41 Å². The molecule has 0 radical (unpaired) electrons. The van der Waals surface area contributed by atoms with Crippen molar-refractivity contribution in [2.75, 3.05) is 40.4 Å². The van der Waals surface area contributed by atoms with Crippen LogP contribution < -0.4 is 5.73 Å². The van der Waals surface area contributed by atoms with Crippen LogP contribution in [0.4, 0.5) is 0 Å². The molecule has 0 aromatic rings. The SMILES string of the molecule is CN(C)CCCOCC(C)(C)CN. The van der Waals surface area contributed by atoms with Crippen LogP contribution in [0.1, 0.15) is 20.3 Å². The van der Waals surface area contributed by atoms with Crippen molar-refractivity contribution in [1.29, 1.82) is 0 Å². The number of hydrogen-bond acceptors (Lipinski definition) is 3. The molecule has 0 rings (SSSR count). The second-order valence-electron chi connectivity index (χ2n) is 4.58. The van der Waals surface area contributed by atoms with Gasteiger partial charge in [-0.15, -0.1) is 0 Å². The summed E-state index contributed by atoms with van der Waals surface area (Å²) in [5.74, 6) is 0. The lowest BCUT2D eigenvalue weighted by atomic mass is 9.95. The van der Waals surface area contributed by atoms with Gasteiger partial charge in [-0.1, -0.05) is 13.8 Å². The van der Waals surface area contributed by atoms with Gasteiger partial charge in [0.05, 0.1) is 6.61 Å². The first kappa shape index (κ1) is 12.9. The van der Waals surface area contributed by atoms with Crippen molar-refractivity contribution in [3.05, 3.63) is 0 Å². The van der Waals surface area contributed by atoms with Crippen molar-refractivity contribution in [2.24, 2.45) is 11.1 Å². The zero-order valence-electron chi connectivity index (χ0n) is 9.47. The molecule has 0 fully saturated rings. The van der Waals surface area contributed by atoms with Crippen LogP contribution in [0.3, 0.4) is 0 Å². The maximum Gasteiger partial charge on any atom is 0.0529 e. The van der Waals surface area contributed by atoms with Crippen LogP contribution in [0, 0.1) is 5.41 Å². The summed E-state index contributed by atoms with van der Waals surface area (Å²) >= 11 is 0. The fourth-order valence-corrected chi connectivity index (χ4v) is 0.890. The second-order valence-corrected chi connectivity index (χ2v) is 4.58. The van der Waals surface area contributed by atoms with Crippen molar-refractivity contribution >= 4 is 0 Å². The summed E-state index contributed by atoms with van der Waals surface area (Å²) in [5.41, 5.74) is 5.70. The van der Waals surface area contributed by atoms with Crippen molar-refractivity contribution < 1.29 is 4.74 Å². The zero-order chi connectivity index (χ0) is 10.3. The molecule has 0 heterocycles. The highest BCUT2D eigenvalue weighted by atomic mass is 16.5. The summed E-state index contributed by atoms with van der Waals surface area (Å²) in [6, 6.07) is 0. The van der Waals surface area contributed by atoms with Gasteiger partial charge in [0.2, 0.25) is 0 Å². The molecule has 0 bridgehead atoms. The van der Waals surface area contributed by atoms with Gasteiger partial charge in [-0.2, -0.15) is 0 Å². The van der Waals surface area contributed by atoms with E-state index in [1.165, 1.54) is 0 Å². The zero-order valence-corrected chi connectivity index (χ0v) is 9.47. The fraction of sp³-hybridized carbons (Fsp3) is 1.00. The Morgan fingerprint density at radius 3 is 2.38 bits per heavy atom. The number of rotatable bonds is 7. The Kier molecular flexibility index (Phi) is 6.29. The predicted octanol–water partition coefficient (Wildman–Crippen LogP) is 0.940. The summed E-state index contributed by atoms with van der Waals surface area (Å²) < 4.78 is 5.53. The van der Waals surface area contributed by atoms with E-state index >= 15 is 0 Å². The molecular weight excluding hydrogens is 164 g/mol. The van der Waals surface area contributed by atoms with Crippen LogP contribution in [0.15, 0.2) is 0 Å². The van der Waals surface area contributed by atoms with Gasteiger partial charge in [-0.05, 0) is 33.6 Å². The van der Waals surface area contributed by atoms with Crippen LogP contribution in [-0.2, 0) is 4.74 Å². The maximum absolute atomic E-state index is 5.58. The van der Waals surface area contributed by atoms with Crippen LogP contribution in [0.25, 0.3) is 0 Å². The first-order valence-corrected chi connectivity index (χ1v) is 4.90. The fourth-order valence-electron chi connectivity index (χ4n) is 0.890. The maximum atomic E-state index is 5.58. The van der Waals surface area contributed by atoms with Crippen molar-refractivity contribution in [1.82, 2.24) is 4.90 Å². The normalized spacial score (nSPS) is 12.5. The van der Waals surface area contributed by atoms with Crippen LogP contribution in [-0.4, -0.2) is 45.3 Å². The molecule has 13 heavy (non-hydrogen) atoms. The Morgan fingerprint density at radius 1 is 1.31 bits per heavy atom. The molecule has 0 aliphatic heterocycles. The van der Waals surface area contributed by atoms with E-state index < -0.39 is 0 Å². The third-order valence-corrected chi connectivity index (χ3v) is 1.94. The van der Waals surface area contributed by atoms with Gasteiger partial charge in [-0.3, -0.25) is 0 Å². The summed E-state index contributed by atoms with van der Waals surface area (Å²) in [6.07, 6.45) is 1.09. The standard InChI is InChI=1S/C10H24N2O/c1-10(2,8-11)9-13-7-5-6-12(3)4/h5-9,11H2,1-4H3. The van der Waals surface area contributed by atoms with E-state index in [4.69, 9.17) is 10.5 Å². The topological polar surface area (TPSA) is 38.5 Å². The highest BCUT2D eigenvalue weighted by Crippen LogP contribution is 2.12. The van der Waals surface area contributed by atoms with Crippen LogP contribution in [0.2, 0.25) is 0 Å². The Hall–Kier alpha value is -0.120. The number of nitrogens with two attached hydrogens (primary N) is 1. The Labute approximate surface area is 82.2 Å². The summed E-state index contributed by atoms with van der Waals surface area (Å²) in [6.45, 7) is 7.61. The molecule has 2 N–H and O–H groups in total. The molecule has 80 valence electrons. The molecule has 0 amide bonds. The number of ether oxygens (including phenoxy) is 1. The minimum atomic E-state index is 0.123. The van der Waals surface area contributed by atoms with E-state index in [1.807, 2.05) is 0 Å². The molecule has 3 nitrogen and oxygen atoms in total. The highest BCUT2D eigenvalue weighted by molar-refractivity contribution is 4.67. The quantitative estimate of drug-likeness (QED) is 0.604. The summed E-state index contributed by atoms with van der Waals surface area (Å²) in [7, 11) is 4.15. The van der Waals surface area contributed by atoms with E-state index in [0.29, 0.717) is 6.54 Å². The van der Waals surface area contributed by atoms with Crippen LogP contribution >= 0.6 is 0 Å². The van der Waals surface area contributed by atoms with Crippen molar-refractivity contribution in [3.63, 3.8) is 0 Å². The molecule has 0 aliphatic rings. The van der Waals surface area contributed by atoms with Gasteiger partial charge < -0.3 is 15.4 Å². The smallest absolute Gasteiger partial charge is 0.0529 e. The third-order valence-electron chi connectivity index (χ3n) is 1.94. The number of hydrogen-bond donors (Lipinski definition) is 1. The molecule has 0 aromatic carbocycles. The Balaban J connectivity index is 3.26. The molecule has 3 heteroatoms. The van der Waals surface area contributed by atoms with Gasteiger partial charge in [0.15, 0.2) is 0 Å². The number of nitrogens with zero attached hydrogens (tertiary/aromatic N) is 1. The second kappa shape index (κ2) is 6.35. The van der Waals surface area contributed by atoms with Crippen molar-refractivity contribution in [2.45, 2.75) is 20.3 Å². The minimum Gasteiger partial charge on any atom is -0.381 e. The lowest BCUT2D eigenvalue weighted by molar-refractivity contribution is 0.0621. The van der Waals surface area contributed by atoms with E-state index in [9.17, 15) is 0 Å². The van der Waals surface area contributed by atoms with E-state index in [0.717, 1.165) is 26.2 Å². The lowest BCUT2D eigenvalue weighted by Gasteiger charge is -2.22. The molecule has 0 atom stereocenters. The van der Waals surface area contributed by atoms with Gasteiger partial charge in [-0.25, -0.2) is 0 Å². The van der Waals surface area contributed by atoms with Gasteiger partial charge >= 0.3 is 0 Å². The third kappa shape index (κ3) is 8.22. The average molecular weight is 188 g/mol. The van der Waals surface area contributed by atoms with Crippen LogP contribution in [0.5, 0.6) is 0 Å². The molecule has 0 saturated heterocycles. The first-order chi connectivity index (χ1) is 5.98. The van der Waals surface area contributed by atoms with E-state index in [1.54, 1.807) is 0 Å². The summed E-state index contributed by atoms with van der Waals surface area (Å²) in [5, 5.41) is 0. The Morgan fingerprint density at radius 2 is 1.92 bits per heavy atom. The molecule has 0 unspecified atom stereocenters. The highest BCUT2D eigenvalue weighted by Gasteiger charge is 2.14. The van der Waals surface area contributed by atoms with Crippen molar-refractivity contribution in [3.8, 4) is 0 Å². The lowest BCUT2D eigenvalue weighted by Crippen LogP contribution is -2.29. The van der Waals surface area contributed by atoms with Gasteiger partial charge in [0.25, 0.3) is 0 Å². The predicted molar refractivity (Wildman–Crippen MR) is 56.8 cm³/mol. The molecule has 0 aromatic heterocycles. The van der Waals surface area contributed by atoms with Gasteiger partial charge in [0.1, 0.15) is 0 Å². The minimum absolute atomic E-state index is 0.123. The Bertz CT molecular complexity index is 124. The molecule has 0 aliphatic carbocycles. The summed E-state index contributed by atoms with van der Waals surface area (Å²) in [4.78, 5) is 2.16. The molecule has 0 saturated carbocycles. The van der Waals surface area contributed by atoms with Gasteiger partial charge in [0, 0.05) is 12.0 Å².